The molecule has 7 nitrogen and oxygen atoms in total. The van der Waals surface area contributed by atoms with Gasteiger partial charge in [0.2, 0.25) is 0 Å². The van der Waals surface area contributed by atoms with Crippen LogP contribution >= 0.6 is 0 Å². The first kappa shape index (κ1) is 21.3. The third-order valence-electron chi connectivity index (χ3n) is 5.92. The van der Waals surface area contributed by atoms with Crippen molar-refractivity contribution >= 4 is 28.3 Å². The van der Waals surface area contributed by atoms with E-state index in [9.17, 15) is 9.59 Å². The maximum absolute atomic E-state index is 13.3. The highest BCUT2D eigenvalue weighted by Gasteiger charge is 2.18. The molecule has 0 spiro atoms. The van der Waals surface area contributed by atoms with E-state index in [0.29, 0.717) is 35.3 Å². The van der Waals surface area contributed by atoms with E-state index in [-0.39, 0.29) is 16.6 Å². The minimum absolute atomic E-state index is 0.0155. The van der Waals surface area contributed by atoms with Crippen molar-refractivity contribution in [3.05, 3.63) is 118 Å². The quantitative estimate of drug-likeness (QED) is 0.398. The molecule has 2 aromatic carbocycles. The predicted octanol–water partition coefficient (Wildman–Crippen LogP) is 3.93. The normalized spacial score (nSPS) is 11.1. The minimum atomic E-state index is -0.438. The maximum Gasteiger partial charge on any atom is 0.267 e. The molecule has 1 amide bonds. The Bertz CT molecular complexity index is 1650. The predicted molar refractivity (Wildman–Crippen MR) is 132 cm³/mol. The molecule has 3 heterocycles. The lowest BCUT2D eigenvalue weighted by Gasteiger charge is -2.15. The van der Waals surface area contributed by atoms with Crippen LogP contribution in [0.15, 0.2) is 89.9 Å². The third kappa shape index (κ3) is 3.88. The minimum Gasteiger partial charge on any atom is -0.322 e. The standard InChI is InChI=1S/C27H23N5O2/c1-18-9-5-6-12-22(18)29-26(33)20-17-21-25(30-23-13-7-8-15-31(23)27(21)34)32(24(20)28)16-14-19-10-3-2-4-11-19/h2-13,15,17,28H,14,16H2,1H3,(H,29,33). The SMILES string of the molecule is Cc1ccccc1NC(=O)c1cc2c(=O)n3ccccc3nc2n(CCc2ccccc2)c1=N. The molecule has 0 radical (unpaired) electrons. The number of aromatic nitrogens is 3. The second-order valence-corrected chi connectivity index (χ2v) is 8.15. The summed E-state index contributed by atoms with van der Waals surface area (Å²) in [5.41, 5.74) is 3.41. The van der Waals surface area contributed by atoms with Gasteiger partial charge >= 0.3 is 0 Å². The molecule has 5 aromatic rings. The van der Waals surface area contributed by atoms with E-state index in [2.05, 4.69) is 10.3 Å². The van der Waals surface area contributed by atoms with Crippen molar-refractivity contribution in [2.24, 2.45) is 0 Å². The lowest BCUT2D eigenvalue weighted by atomic mass is 10.1. The summed E-state index contributed by atoms with van der Waals surface area (Å²) >= 11 is 0. The van der Waals surface area contributed by atoms with Crippen LogP contribution in [0.3, 0.4) is 0 Å². The van der Waals surface area contributed by atoms with Gasteiger partial charge in [-0.2, -0.15) is 0 Å². The molecule has 7 heteroatoms. The number of aryl methyl sites for hydroxylation is 3. The first-order valence-electron chi connectivity index (χ1n) is 11.0. The molecule has 0 aliphatic carbocycles. The number of anilines is 1. The zero-order chi connectivity index (χ0) is 23.7. The Morgan fingerprint density at radius 3 is 2.53 bits per heavy atom. The number of pyridine rings is 2. The Balaban J connectivity index is 1.68. The van der Waals surface area contributed by atoms with Gasteiger partial charge in [-0.3, -0.25) is 19.4 Å². The van der Waals surface area contributed by atoms with Gasteiger partial charge in [0.1, 0.15) is 16.8 Å². The van der Waals surface area contributed by atoms with Crippen molar-refractivity contribution in [2.45, 2.75) is 19.9 Å². The van der Waals surface area contributed by atoms with Gasteiger partial charge < -0.3 is 9.88 Å². The number of nitrogens with one attached hydrogen (secondary N) is 2. The first-order chi connectivity index (χ1) is 16.5. The van der Waals surface area contributed by atoms with E-state index in [1.165, 1.54) is 10.5 Å². The monoisotopic (exact) mass is 449 g/mol. The fraction of sp³-hybridized carbons (Fsp3) is 0.111. The van der Waals surface area contributed by atoms with E-state index >= 15 is 0 Å². The first-order valence-corrected chi connectivity index (χ1v) is 11.0. The van der Waals surface area contributed by atoms with Crippen LogP contribution in [-0.2, 0) is 13.0 Å². The van der Waals surface area contributed by atoms with Gasteiger partial charge in [-0.05, 0) is 48.7 Å². The fourth-order valence-electron chi connectivity index (χ4n) is 4.07. The van der Waals surface area contributed by atoms with E-state index < -0.39 is 5.91 Å². The lowest BCUT2D eigenvalue weighted by molar-refractivity contribution is 0.102. The number of hydrogen-bond acceptors (Lipinski definition) is 4. The Kier molecular flexibility index (Phi) is 5.51. The van der Waals surface area contributed by atoms with Gasteiger partial charge in [-0.1, -0.05) is 54.6 Å². The number of fused-ring (bicyclic) bond motifs is 2. The molecule has 168 valence electrons. The molecule has 0 aliphatic heterocycles. The van der Waals surface area contributed by atoms with Crippen LogP contribution in [0.5, 0.6) is 0 Å². The smallest absolute Gasteiger partial charge is 0.267 e. The van der Waals surface area contributed by atoms with Crippen molar-refractivity contribution in [2.75, 3.05) is 5.32 Å². The molecular formula is C27H23N5O2. The third-order valence-corrected chi connectivity index (χ3v) is 5.92. The maximum atomic E-state index is 13.3. The van der Waals surface area contributed by atoms with Gasteiger partial charge in [0.15, 0.2) is 0 Å². The largest absolute Gasteiger partial charge is 0.322 e. The van der Waals surface area contributed by atoms with Crippen LogP contribution in [-0.4, -0.2) is 19.9 Å². The van der Waals surface area contributed by atoms with E-state index in [0.717, 1.165) is 11.1 Å². The molecule has 0 aliphatic rings. The van der Waals surface area contributed by atoms with Crippen LogP contribution in [0.25, 0.3) is 16.7 Å². The summed E-state index contributed by atoms with van der Waals surface area (Å²) in [5.74, 6) is -0.438. The van der Waals surface area contributed by atoms with Gasteiger partial charge in [-0.25, -0.2) is 4.98 Å². The average molecular weight is 450 g/mol. The van der Waals surface area contributed by atoms with Gasteiger partial charge in [0.05, 0.1) is 10.9 Å². The molecule has 0 unspecified atom stereocenters. The van der Waals surface area contributed by atoms with Crippen molar-refractivity contribution in [3.8, 4) is 0 Å². The van der Waals surface area contributed by atoms with Crippen LogP contribution in [0, 0.1) is 12.3 Å². The number of amides is 1. The number of para-hydroxylation sites is 1. The molecule has 0 fully saturated rings. The Labute approximate surface area is 195 Å². The Hall–Kier alpha value is -4.52. The van der Waals surface area contributed by atoms with Crippen LogP contribution < -0.4 is 16.4 Å². The van der Waals surface area contributed by atoms with E-state index in [1.807, 2.05) is 67.6 Å². The molecule has 0 saturated heterocycles. The van der Waals surface area contributed by atoms with E-state index in [1.54, 1.807) is 22.9 Å². The molecule has 34 heavy (non-hydrogen) atoms. The second kappa shape index (κ2) is 8.78. The molecule has 0 bridgehead atoms. The highest BCUT2D eigenvalue weighted by Crippen LogP contribution is 2.16. The number of carbonyl (C=O) groups excluding carboxylic acids is 1. The molecule has 0 atom stereocenters. The molecule has 3 aromatic heterocycles. The molecule has 5 rings (SSSR count). The number of carbonyl (C=O) groups is 1. The van der Waals surface area contributed by atoms with Crippen molar-refractivity contribution in [3.63, 3.8) is 0 Å². The summed E-state index contributed by atoms with van der Waals surface area (Å²) in [6.45, 7) is 2.31. The van der Waals surface area contributed by atoms with Crippen LogP contribution in [0.4, 0.5) is 5.69 Å². The number of rotatable bonds is 5. The molecule has 0 saturated carbocycles. The number of nitrogens with zero attached hydrogens (tertiary/aromatic N) is 3. The summed E-state index contributed by atoms with van der Waals surface area (Å²) in [4.78, 5) is 31.3. The van der Waals surface area contributed by atoms with E-state index in [4.69, 9.17) is 5.41 Å². The number of hydrogen-bond donors (Lipinski definition) is 2. The lowest BCUT2D eigenvalue weighted by Crippen LogP contribution is -2.32. The zero-order valence-corrected chi connectivity index (χ0v) is 18.7. The molecular weight excluding hydrogens is 426 g/mol. The summed E-state index contributed by atoms with van der Waals surface area (Å²) in [6.07, 6.45) is 2.28. The van der Waals surface area contributed by atoms with Gasteiger partial charge in [0.25, 0.3) is 11.5 Å². The van der Waals surface area contributed by atoms with Crippen molar-refractivity contribution in [1.82, 2.24) is 14.0 Å². The van der Waals surface area contributed by atoms with Crippen LogP contribution in [0.2, 0.25) is 0 Å². The second-order valence-electron chi connectivity index (χ2n) is 8.15. The van der Waals surface area contributed by atoms with Gasteiger partial charge in [0, 0.05) is 18.4 Å². The average Bonchev–Trinajstić information content (AvgIpc) is 2.85. The Morgan fingerprint density at radius 1 is 1.00 bits per heavy atom. The fourth-order valence-corrected chi connectivity index (χ4v) is 4.07. The highest BCUT2D eigenvalue weighted by atomic mass is 16.1. The number of benzene rings is 2. The zero-order valence-electron chi connectivity index (χ0n) is 18.7. The van der Waals surface area contributed by atoms with Crippen molar-refractivity contribution < 1.29 is 4.79 Å². The highest BCUT2D eigenvalue weighted by molar-refractivity contribution is 6.05. The van der Waals surface area contributed by atoms with Gasteiger partial charge in [-0.15, -0.1) is 0 Å². The summed E-state index contributed by atoms with van der Waals surface area (Å²) in [5, 5.41) is 12.1. The topological polar surface area (TPSA) is 92.2 Å². The summed E-state index contributed by atoms with van der Waals surface area (Å²) in [7, 11) is 0. The Morgan fingerprint density at radius 2 is 1.74 bits per heavy atom. The summed E-state index contributed by atoms with van der Waals surface area (Å²) in [6, 6.07) is 24.2. The van der Waals surface area contributed by atoms with Crippen molar-refractivity contribution in [1.29, 1.82) is 5.41 Å². The summed E-state index contributed by atoms with van der Waals surface area (Å²) < 4.78 is 3.11. The van der Waals surface area contributed by atoms with Crippen LogP contribution in [0.1, 0.15) is 21.5 Å². The molecule has 2 N–H and O–H groups in total.